The summed E-state index contributed by atoms with van der Waals surface area (Å²) in [7, 11) is 0. The molecule has 6 N–H and O–H groups in total. The first kappa shape index (κ1) is 123. The third-order valence-electron chi connectivity index (χ3n) is 30.9. The number of ketones is 2. The zero-order valence-corrected chi connectivity index (χ0v) is 89.6. The van der Waals surface area contributed by atoms with Crippen molar-refractivity contribution in [2.75, 3.05) is 65.4 Å². The van der Waals surface area contributed by atoms with E-state index in [0.717, 1.165) is 141 Å². The van der Waals surface area contributed by atoms with Crippen molar-refractivity contribution >= 4 is 47.3 Å². The molecule has 0 spiro atoms. The molecule has 3 aliphatic carbocycles. The third-order valence-corrected chi connectivity index (χ3v) is 30.9. The van der Waals surface area contributed by atoms with Crippen molar-refractivity contribution < 1.29 is 38.4 Å². The first-order valence-corrected chi connectivity index (χ1v) is 58.3. The molecule has 5 rings (SSSR count). The Morgan fingerprint density at radius 2 is 0.525 bits per heavy atom. The number of terminal acetylenes is 2. The Morgan fingerprint density at radius 3 is 0.851 bits per heavy atom. The molecular weight excluding hydrogens is 1740 g/mol. The van der Waals surface area contributed by atoms with Gasteiger partial charge in [0.1, 0.15) is 11.6 Å². The average molecular weight is 1940 g/mol. The Labute approximate surface area is 861 Å². The second kappa shape index (κ2) is 84.8. The van der Waals surface area contributed by atoms with Crippen LogP contribution in [0.2, 0.25) is 0 Å². The summed E-state index contributed by atoms with van der Waals surface area (Å²) in [6, 6.07) is -0.0781. The number of carbonyl (C=O) groups is 8. The maximum absolute atomic E-state index is 13.0. The Hall–Kier alpha value is -8.54. The normalized spacial score (nSPS) is 19.8. The summed E-state index contributed by atoms with van der Waals surface area (Å²) in [6.45, 7) is 16.4. The van der Waals surface area contributed by atoms with E-state index in [1.165, 1.54) is 257 Å². The minimum atomic E-state index is -0.0392. The first-order chi connectivity index (χ1) is 69.2. The summed E-state index contributed by atoms with van der Waals surface area (Å²) in [4.78, 5) is 103. The van der Waals surface area contributed by atoms with Gasteiger partial charge in [-0.15, -0.1) is 12.8 Å². The van der Waals surface area contributed by atoms with E-state index in [1.807, 2.05) is 0 Å². The number of allylic oxidation sites excluding steroid dienone is 6. The second-order valence-corrected chi connectivity index (χ2v) is 42.2. The molecule has 2 saturated heterocycles. The Morgan fingerprint density at radius 1 is 0.284 bits per heavy atom. The van der Waals surface area contributed by atoms with Gasteiger partial charge in [0.15, 0.2) is 0 Å². The van der Waals surface area contributed by atoms with Crippen LogP contribution >= 0.6 is 0 Å². The molecule has 12 unspecified atom stereocenters. The second-order valence-electron chi connectivity index (χ2n) is 42.2. The smallest absolute Gasteiger partial charge is 0.317 e. The van der Waals surface area contributed by atoms with E-state index in [-0.39, 0.29) is 59.1 Å². The summed E-state index contributed by atoms with van der Waals surface area (Å²) < 4.78 is 0. The standard InChI is InChI=1S/C125H196N8O8/c1-7-12-17-22-37-55-82-118-111(94-92-110(74-50-21-16-11-5)117(118)85-58-40-27-31-47-68-99-129-123(139)89-64-62-78-114(135)80-70-103-133-105-101-131-125(133)141)75-52-34-24-28-44-65-96-126-120(136)86-59-42-32-36-51-71-107-90-91-108(72-48-19-14-9-3)115(106(107)6)81-54-41-33-43-60-87-121(137)127-97-67-46-30-26-39-57-84-116-109(73-49-20-15-10-4)93-95-112(119(116)83-56-38-23-18-13-8-2)76-53-35-25-29-45-66-98-128-122(138)88-63-61-77-113(134)79-69-102-132-104-100-130-124(132)140/h1-2,90-95,106-112,115-119H,9-11,14-16,19-21,24-36,39-54,57-81,84-89,96-105H2,3-6H3,(H,126,136)(H,127,137)(H,128,138)(H,129,139)(H,130,140)(H,131,141). The van der Waals surface area contributed by atoms with Crippen molar-refractivity contribution in [2.45, 2.75) is 471 Å². The van der Waals surface area contributed by atoms with Gasteiger partial charge >= 0.3 is 12.1 Å². The minimum absolute atomic E-state index is 0.0389. The van der Waals surface area contributed by atoms with Gasteiger partial charge in [-0.3, -0.25) is 28.8 Å². The molecule has 0 saturated carbocycles. The van der Waals surface area contributed by atoms with Crippen LogP contribution in [0.5, 0.6) is 0 Å². The van der Waals surface area contributed by atoms with Gasteiger partial charge < -0.3 is 41.7 Å². The molecule has 784 valence electrons. The van der Waals surface area contributed by atoms with E-state index < -0.39 is 0 Å². The summed E-state index contributed by atoms with van der Waals surface area (Å²) >= 11 is 0. The van der Waals surface area contributed by atoms with Gasteiger partial charge in [-0.05, 0) is 265 Å². The SMILES string of the molecule is C#CC#CC#CC#CC1C(CCCCCCCCNC(=O)CCCCC(=O)CCCN2CCNC2=O)C=CC(CCCCCC)C1CCCCCCCCNC(=O)CCCCCCCC1C(CCCCCC)C=CC(CCCCCCCC(=O)NCCCCCCCCC2C=CC(CCCCCC)C(CCCCCCCCNC(=O)CCCCC(=O)CCCN3CCNC3=O)C2C#CC#CC#CC#C)C1C. The molecule has 0 aromatic rings. The molecule has 8 amide bonds. The highest BCUT2D eigenvalue weighted by molar-refractivity contribution is 5.80. The lowest BCUT2D eigenvalue weighted by Gasteiger charge is -2.38. The summed E-state index contributed by atoms with van der Waals surface area (Å²) in [5.74, 6) is 48.3. The van der Waals surface area contributed by atoms with Crippen molar-refractivity contribution in [1.29, 1.82) is 0 Å². The van der Waals surface area contributed by atoms with E-state index in [0.29, 0.717) is 170 Å². The van der Waals surface area contributed by atoms with E-state index in [9.17, 15) is 38.4 Å². The van der Waals surface area contributed by atoms with Crippen LogP contribution in [0.15, 0.2) is 36.5 Å². The quantitative estimate of drug-likeness (QED) is 0.0195. The van der Waals surface area contributed by atoms with Crippen LogP contribution in [0.1, 0.15) is 471 Å². The number of urea groups is 2. The van der Waals surface area contributed by atoms with E-state index in [4.69, 9.17) is 12.8 Å². The Bertz CT molecular complexity index is 4040. The van der Waals surface area contributed by atoms with Gasteiger partial charge in [-0.25, -0.2) is 9.59 Å². The van der Waals surface area contributed by atoms with Crippen molar-refractivity contribution in [1.82, 2.24) is 41.7 Å². The molecule has 0 aromatic heterocycles. The van der Waals surface area contributed by atoms with Gasteiger partial charge in [-0.1, -0.05) is 333 Å². The maximum Gasteiger partial charge on any atom is 0.317 e. The molecular formula is C125H196N8O8. The van der Waals surface area contributed by atoms with E-state index in [2.05, 4.69) is 179 Å². The van der Waals surface area contributed by atoms with Crippen LogP contribution in [-0.4, -0.2) is 123 Å². The number of rotatable bonds is 85. The lowest BCUT2D eigenvalue weighted by atomic mass is 9.66. The number of unbranched alkanes of at least 4 members (excludes halogenated alkanes) is 39. The number of nitrogens with zero attached hydrogens (tertiary/aromatic N) is 2. The number of carbonyl (C=O) groups excluding carboxylic acids is 8. The number of amides is 8. The fourth-order valence-electron chi connectivity index (χ4n) is 22.4. The fourth-order valence-corrected chi connectivity index (χ4v) is 22.4. The molecule has 0 aromatic carbocycles. The van der Waals surface area contributed by atoms with Gasteiger partial charge in [0.2, 0.25) is 23.6 Å². The predicted molar refractivity (Wildman–Crippen MR) is 587 cm³/mol. The van der Waals surface area contributed by atoms with Crippen LogP contribution in [0.3, 0.4) is 0 Å². The third kappa shape index (κ3) is 60.7. The Balaban J connectivity index is 0.890. The molecule has 141 heavy (non-hydrogen) atoms. The summed E-state index contributed by atoms with van der Waals surface area (Å²) in [6.07, 6.45) is 100. The van der Waals surface area contributed by atoms with Crippen LogP contribution in [0.4, 0.5) is 9.59 Å². The molecule has 0 bridgehead atoms. The van der Waals surface area contributed by atoms with E-state index >= 15 is 0 Å². The van der Waals surface area contributed by atoms with E-state index in [1.54, 1.807) is 9.80 Å². The molecule has 2 fully saturated rings. The average Bonchev–Trinajstić information content (AvgIpc) is 1.60. The molecule has 2 aliphatic heterocycles. The zero-order valence-electron chi connectivity index (χ0n) is 89.6. The number of nitrogens with one attached hydrogen (secondary N) is 6. The lowest BCUT2D eigenvalue weighted by Crippen LogP contribution is -2.31. The van der Waals surface area contributed by atoms with Crippen LogP contribution in [0, 0.1) is 167 Å². The van der Waals surface area contributed by atoms with Crippen molar-refractivity contribution in [3.63, 3.8) is 0 Å². The van der Waals surface area contributed by atoms with Crippen molar-refractivity contribution in [2.24, 2.45) is 71.0 Å². The molecule has 0 radical (unpaired) electrons. The highest BCUT2D eigenvalue weighted by Crippen LogP contribution is 2.45. The van der Waals surface area contributed by atoms with Gasteiger partial charge in [-0.2, -0.15) is 0 Å². The molecule has 12 atom stereocenters. The fraction of sp³-hybridized carbons (Fsp3) is 0.760. The molecule has 2 heterocycles. The van der Waals surface area contributed by atoms with Crippen molar-refractivity contribution in [3.05, 3.63) is 36.5 Å². The highest BCUT2D eigenvalue weighted by atomic mass is 16.2. The lowest BCUT2D eigenvalue weighted by molar-refractivity contribution is -0.122. The van der Waals surface area contributed by atoms with Crippen LogP contribution in [-0.2, 0) is 28.8 Å². The highest BCUT2D eigenvalue weighted by Gasteiger charge is 2.38. The minimum Gasteiger partial charge on any atom is -0.356 e. The number of hydrogen-bond acceptors (Lipinski definition) is 8. The summed E-state index contributed by atoms with van der Waals surface area (Å²) in [5, 5.41) is 18.3. The molecule has 16 nitrogen and oxygen atoms in total. The maximum atomic E-state index is 13.0. The zero-order chi connectivity index (χ0) is 101. The van der Waals surface area contributed by atoms with Gasteiger partial charge in [0.25, 0.3) is 0 Å². The predicted octanol–water partition coefficient (Wildman–Crippen LogP) is 27.0. The molecule has 5 aliphatic rings. The first-order valence-electron chi connectivity index (χ1n) is 58.3. The number of hydrogen-bond donors (Lipinski definition) is 6. The van der Waals surface area contributed by atoms with Gasteiger partial charge in [0, 0.05) is 129 Å². The van der Waals surface area contributed by atoms with Crippen LogP contribution in [0.25, 0.3) is 0 Å². The van der Waals surface area contributed by atoms with Gasteiger partial charge in [0.05, 0.1) is 0 Å². The largest absolute Gasteiger partial charge is 0.356 e. The Kier molecular flexibility index (Phi) is 73.9. The topological polar surface area (TPSA) is 215 Å². The molecule has 16 heteroatoms. The van der Waals surface area contributed by atoms with Crippen molar-refractivity contribution in [3.8, 4) is 95.7 Å². The van der Waals surface area contributed by atoms with Crippen LogP contribution < -0.4 is 31.9 Å². The number of Topliss-reactive ketones (excluding diaryl/α,β-unsaturated/α-hetero) is 2. The monoisotopic (exact) mass is 1940 g/mol. The summed E-state index contributed by atoms with van der Waals surface area (Å²) in [5.41, 5.74) is 0.